The zero-order valence-corrected chi connectivity index (χ0v) is 14.9. The second kappa shape index (κ2) is 12.4. The fourth-order valence-corrected chi connectivity index (χ4v) is 1.75. The highest BCUT2D eigenvalue weighted by molar-refractivity contribution is 7.80. The van der Waals surface area contributed by atoms with E-state index in [9.17, 15) is 24.0 Å². The van der Waals surface area contributed by atoms with Gasteiger partial charge < -0.3 is 32.1 Å². The maximum Gasteiger partial charge on any atom is 0.322 e. The van der Waals surface area contributed by atoms with Crippen LogP contribution in [0.5, 0.6) is 0 Å². The molecule has 0 fully saturated rings. The molecule has 0 aliphatic carbocycles. The summed E-state index contributed by atoms with van der Waals surface area (Å²) in [5.74, 6) is -3.73. The van der Waals surface area contributed by atoms with Crippen molar-refractivity contribution in [1.82, 2.24) is 21.3 Å². The Kier molecular flexibility index (Phi) is 11.4. The van der Waals surface area contributed by atoms with E-state index in [4.69, 9.17) is 10.8 Å². The van der Waals surface area contributed by atoms with Gasteiger partial charge in [0.1, 0.15) is 12.6 Å². The van der Waals surface area contributed by atoms with Crippen molar-refractivity contribution in [3.8, 4) is 0 Å². The molecule has 142 valence electrons. The number of nitrogens with two attached hydrogens (primary N) is 1. The van der Waals surface area contributed by atoms with Gasteiger partial charge in [0.25, 0.3) is 0 Å². The molecule has 0 saturated carbocycles. The number of aliphatic carboxylic acids is 1. The molecule has 0 rings (SSSR count). The topological polar surface area (TPSA) is 180 Å². The minimum absolute atomic E-state index is 0.0178. The highest BCUT2D eigenvalue weighted by Crippen LogP contribution is 1.92. The van der Waals surface area contributed by atoms with Crippen LogP contribution in [0.15, 0.2) is 0 Å². The van der Waals surface area contributed by atoms with Gasteiger partial charge in [-0.1, -0.05) is 0 Å². The predicted octanol–water partition coefficient (Wildman–Crippen LogP) is -3.91. The lowest BCUT2D eigenvalue weighted by molar-refractivity contribution is -0.137. The van der Waals surface area contributed by atoms with E-state index in [0.717, 1.165) is 0 Å². The van der Waals surface area contributed by atoms with Gasteiger partial charge in [-0.15, -0.1) is 0 Å². The Morgan fingerprint density at radius 1 is 0.840 bits per heavy atom. The summed E-state index contributed by atoms with van der Waals surface area (Å²) in [7, 11) is 0. The van der Waals surface area contributed by atoms with E-state index in [1.165, 1.54) is 0 Å². The molecule has 0 heterocycles. The SMILES string of the molecule is N[C@@H](CS)C(=O)N[C@@H](CS)C(=O)NCC(=O)NCC(=O)NCC(=O)O. The summed E-state index contributed by atoms with van der Waals surface area (Å²) in [5, 5.41) is 17.3. The molecule has 0 aliphatic heterocycles. The molecule has 7 N–H and O–H groups in total. The van der Waals surface area contributed by atoms with Crippen LogP contribution in [0.4, 0.5) is 0 Å². The molecule has 0 aromatic rings. The zero-order chi connectivity index (χ0) is 19.4. The van der Waals surface area contributed by atoms with Gasteiger partial charge >= 0.3 is 5.97 Å². The number of carbonyl (C=O) groups is 5. The van der Waals surface area contributed by atoms with Crippen molar-refractivity contribution >= 4 is 54.9 Å². The predicted molar refractivity (Wildman–Crippen MR) is 94.3 cm³/mol. The number of rotatable bonds is 11. The van der Waals surface area contributed by atoms with Crippen LogP contribution in [-0.4, -0.2) is 77.9 Å². The lowest BCUT2D eigenvalue weighted by Gasteiger charge is -2.18. The Morgan fingerprint density at radius 2 is 1.36 bits per heavy atom. The number of thiol groups is 2. The Labute approximate surface area is 154 Å². The largest absolute Gasteiger partial charge is 0.480 e. The Hall–Kier alpha value is -1.99. The van der Waals surface area contributed by atoms with Crippen LogP contribution < -0.4 is 27.0 Å². The number of carboxylic acids is 1. The first-order valence-electron chi connectivity index (χ1n) is 7.01. The summed E-state index contributed by atoms with van der Waals surface area (Å²) in [6.45, 7) is -1.45. The number of carbonyl (C=O) groups excluding carboxylic acids is 4. The summed E-state index contributed by atoms with van der Waals surface area (Å²) in [6.07, 6.45) is 0. The van der Waals surface area contributed by atoms with Crippen LogP contribution in [0, 0.1) is 0 Å². The fraction of sp³-hybridized carbons (Fsp3) is 0.583. The van der Waals surface area contributed by atoms with Crippen LogP contribution in [0.3, 0.4) is 0 Å². The van der Waals surface area contributed by atoms with Gasteiger partial charge in [-0.05, 0) is 0 Å². The average Bonchev–Trinajstić information content (AvgIpc) is 2.59. The van der Waals surface area contributed by atoms with E-state index in [2.05, 4.69) is 46.5 Å². The van der Waals surface area contributed by atoms with Gasteiger partial charge in [0.05, 0.1) is 19.1 Å². The molecule has 0 bridgehead atoms. The highest BCUT2D eigenvalue weighted by atomic mass is 32.1. The van der Waals surface area contributed by atoms with Crippen LogP contribution in [0.1, 0.15) is 0 Å². The van der Waals surface area contributed by atoms with Gasteiger partial charge in [-0.25, -0.2) is 0 Å². The quantitative estimate of drug-likeness (QED) is 0.165. The van der Waals surface area contributed by atoms with E-state index in [0.29, 0.717) is 0 Å². The van der Waals surface area contributed by atoms with Gasteiger partial charge in [0.15, 0.2) is 0 Å². The van der Waals surface area contributed by atoms with Crippen LogP contribution >= 0.6 is 25.3 Å². The maximum atomic E-state index is 11.9. The number of carboxylic acid groups (broad SMARTS) is 1. The molecule has 0 aromatic heterocycles. The Bertz CT molecular complexity index is 518. The Morgan fingerprint density at radius 3 is 1.84 bits per heavy atom. The first-order valence-corrected chi connectivity index (χ1v) is 8.28. The molecule has 0 radical (unpaired) electrons. The van der Waals surface area contributed by atoms with Crippen molar-refractivity contribution in [2.45, 2.75) is 12.1 Å². The van der Waals surface area contributed by atoms with E-state index in [1.807, 2.05) is 0 Å². The van der Waals surface area contributed by atoms with Crippen LogP contribution in [-0.2, 0) is 24.0 Å². The van der Waals surface area contributed by atoms with Gasteiger partial charge in [-0.2, -0.15) is 25.3 Å². The van der Waals surface area contributed by atoms with Gasteiger partial charge in [-0.3, -0.25) is 24.0 Å². The normalized spacial score (nSPS) is 12.4. The third-order valence-corrected chi connectivity index (χ3v) is 3.41. The minimum atomic E-state index is -1.22. The third kappa shape index (κ3) is 10.5. The van der Waals surface area contributed by atoms with Crippen molar-refractivity contribution < 1.29 is 29.1 Å². The summed E-state index contributed by atoms with van der Waals surface area (Å²) < 4.78 is 0. The van der Waals surface area contributed by atoms with Crippen molar-refractivity contribution in [2.24, 2.45) is 5.73 Å². The molecule has 4 amide bonds. The summed E-state index contributed by atoms with van der Waals surface area (Å²) >= 11 is 7.81. The summed E-state index contributed by atoms with van der Waals surface area (Å²) in [5.41, 5.74) is 5.47. The molecule has 11 nitrogen and oxygen atoms in total. The molecule has 0 spiro atoms. The zero-order valence-electron chi connectivity index (χ0n) is 13.2. The number of hydrogen-bond acceptors (Lipinski definition) is 8. The molecule has 0 aliphatic rings. The smallest absolute Gasteiger partial charge is 0.322 e. The van der Waals surface area contributed by atoms with Crippen molar-refractivity contribution in [2.75, 3.05) is 31.1 Å². The highest BCUT2D eigenvalue weighted by Gasteiger charge is 2.22. The maximum absolute atomic E-state index is 11.9. The van der Waals surface area contributed by atoms with E-state index in [-0.39, 0.29) is 11.5 Å². The average molecular weight is 395 g/mol. The Balaban J connectivity index is 4.20. The monoisotopic (exact) mass is 395 g/mol. The van der Waals surface area contributed by atoms with Crippen molar-refractivity contribution in [3.63, 3.8) is 0 Å². The molecule has 25 heavy (non-hydrogen) atoms. The second-order valence-electron chi connectivity index (χ2n) is 4.70. The van der Waals surface area contributed by atoms with Gasteiger partial charge in [0, 0.05) is 11.5 Å². The number of amides is 4. The lowest BCUT2D eigenvalue weighted by atomic mass is 10.2. The molecule has 2 atom stereocenters. The van der Waals surface area contributed by atoms with Crippen LogP contribution in [0.25, 0.3) is 0 Å². The number of hydrogen-bond donors (Lipinski definition) is 8. The standard InChI is InChI=1S/C12H21N5O6S2/c13-6(4-24)11(22)17-7(5-25)12(23)16-2-9(19)14-1-8(18)15-3-10(20)21/h6-7,24-25H,1-5,13H2,(H,14,19)(H,15,18)(H,16,23)(H,17,22)(H,20,21)/t6-,7-/m0/s1. The van der Waals surface area contributed by atoms with Gasteiger partial charge in [0.2, 0.25) is 23.6 Å². The molecule has 0 aromatic carbocycles. The van der Waals surface area contributed by atoms with Crippen molar-refractivity contribution in [1.29, 1.82) is 0 Å². The van der Waals surface area contributed by atoms with E-state index < -0.39 is 61.3 Å². The molecule has 0 saturated heterocycles. The van der Waals surface area contributed by atoms with Crippen molar-refractivity contribution in [3.05, 3.63) is 0 Å². The third-order valence-electron chi connectivity index (χ3n) is 2.66. The lowest BCUT2D eigenvalue weighted by Crippen LogP contribution is -2.54. The molecule has 13 heteroatoms. The van der Waals surface area contributed by atoms with Crippen LogP contribution in [0.2, 0.25) is 0 Å². The first-order chi connectivity index (χ1) is 11.7. The molecular weight excluding hydrogens is 374 g/mol. The number of nitrogens with one attached hydrogen (secondary N) is 4. The summed E-state index contributed by atoms with van der Waals surface area (Å²) in [6, 6.07) is -1.88. The van der Waals surface area contributed by atoms with E-state index >= 15 is 0 Å². The van der Waals surface area contributed by atoms with E-state index in [1.54, 1.807) is 0 Å². The summed E-state index contributed by atoms with van der Waals surface area (Å²) in [4.78, 5) is 56.5. The second-order valence-corrected chi connectivity index (χ2v) is 5.43. The molecular formula is C12H21N5O6S2. The fourth-order valence-electron chi connectivity index (χ4n) is 1.32. The molecule has 0 unspecified atom stereocenters. The minimum Gasteiger partial charge on any atom is -0.480 e. The first kappa shape index (κ1) is 23.0.